The molecular weight excluding hydrogens is 265 g/mol. The van der Waals surface area contributed by atoms with Gasteiger partial charge in [0.2, 0.25) is 0 Å². The number of sulfone groups is 1. The smallest absolute Gasteiger partial charge is 0.147 e. The number of hydrogen-bond donors (Lipinski definition) is 1. The Bertz CT molecular complexity index is 470. The maximum Gasteiger partial charge on any atom is 0.147 e. The van der Waals surface area contributed by atoms with Crippen molar-refractivity contribution in [1.29, 1.82) is 0 Å². The maximum atomic E-state index is 13.6. The van der Waals surface area contributed by atoms with Gasteiger partial charge in [0, 0.05) is 22.9 Å². The summed E-state index contributed by atoms with van der Waals surface area (Å²) in [5, 5.41) is 3.19. The fourth-order valence-electron chi connectivity index (χ4n) is 1.61. The zero-order chi connectivity index (χ0) is 13.1. The molecule has 0 aliphatic carbocycles. The Morgan fingerprint density at radius 2 is 2.12 bits per heavy atom. The van der Waals surface area contributed by atoms with Crippen LogP contribution in [0.1, 0.15) is 18.0 Å². The summed E-state index contributed by atoms with van der Waals surface area (Å²) < 4.78 is 35.8. The number of nitrogens with one attached hydrogen (secondary N) is 1. The van der Waals surface area contributed by atoms with Crippen LogP contribution in [0.25, 0.3) is 0 Å². The number of rotatable bonds is 5. The fraction of sp³-hybridized carbons (Fsp3) is 0.455. The van der Waals surface area contributed by atoms with Crippen molar-refractivity contribution in [2.45, 2.75) is 12.5 Å². The average Bonchev–Trinajstić information content (AvgIpc) is 2.21. The Labute approximate surface area is 106 Å². The quantitative estimate of drug-likeness (QED) is 0.899. The van der Waals surface area contributed by atoms with Crippen molar-refractivity contribution in [1.82, 2.24) is 5.32 Å². The predicted octanol–water partition coefficient (Wildman–Crippen LogP) is 2.17. The van der Waals surface area contributed by atoms with E-state index >= 15 is 0 Å². The minimum atomic E-state index is -3.07. The van der Waals surface area contributed by atoms with E-state index in [4.69, 9.17) is 11.6 Å². The van der Waals surface area contributed by atoms with Crippen LogP contribution in [0.4, 0.5) is 4.39 Å². The molecule has 0 aliphatic heterocycles. The van der Waals surface area contributed by atoms with E-state index < -0.39 is 21.7 Å². The first-order valence-corrected chi connectivity index (χ1v) is 7.58. The predicted molar refractivity (Wildman–Crippen MR) is 67.5 cm³/mol. The highest BCUT2D eigenvalue weighted by atomic mass is 35.5. The average molecular weight is 280 g/mol. The van der Waals surface area contributed by atoms with Crippen LogP contribution in [-0.4, -0.2) is 27.5 Å². The van der Waals surface area contributed by atoms with E-state index in [1.165, 1.54) is 12.1 Å². The molecule has 0 radical (unpaired) electrons. The summed E-state index contributed by atoms with van der Waals surface area (Å²) >= 11 is 5.92. The molecule has 0 heterocycles. The van der Waals surface area contributed by atoms with E-state index in [-0.39, 0.29) is 12.2 Å². The maximum absolute atomic E-state index is 13.6. The summed E-state index contributed by atoms with van der Waals surface area (Å²) in [5.41, 5.74) is 0.320. The normalized spacial score (nSPS) is 13.6. The van der Waals surface area contributed by atoms with Crippen LogP contribution in [0.5, 0.6) is 0 Å². The second-order valence-corrected chi connectivity index (χ2v) is 6.56. The summed E-state index contributed by atoms with van der Waals surface area (Å²) in [6.45, 7) is 0. The molecule has 1 aromatic rings. The van der Waals surface area contributed by atoms with Crippen LogP contribution in [-0.2, 0) is 9.84 Å². The van der Waals surface area contributed by atoms with Crippen LogP contribution in [0.2, 0.25) is 5.02 Å². The highest BCUT2D eigenvalue weighted by molar-refractivity contribution is 7.90. The van der Waals surface area contributed by atoms with E-state index in [2.05, 4.69) is 5.32 Å². The molecule has 6 heteroatoms. The minimum Gasteiger partial charge on any atom is -0.313 e. The second kappa shape index (κ2) is 5.80. The third-order valence-corrected chi connectivity index (χ3v) is 3.78. The van der Waals surface area contributed by atoms with Gasteiger partial charge in [-0.15, -0.1) is 0 Å². The topological polar surface area (TPSA) is 46.2 Å². The van der Waals surface area contributed by atoms with Crippen molar-refractivity contribution in [2.24, 2.45) is 0 Å². The van der Waals surface area contributed by atoms with Crippen LogP contribution in [0.15, 0.2) is 18.2 Å². The van der Waals surface area contributed by atoms with Gasteiger partial charge >= 0.3 is 0 Å². The van der Waals surface area contributed by atoms with Crippen molar-refractivity contribution < 1.29 is 12.8 Å². The molecule has 0 saturated carbocycles. The lowest BCUT2D eigenvalue weighted by molar-refractivity contribution is 0.521. The van der Waals surface area contributed by atoms with Gasteiger partial charge in [0.1, 0.15) is 15.7 Å². The lowest BCUT2D eigenvalue weighted by Gasteiger charge is -2.18. The van der Waals surface area contributed by atoms with Gasteiger partial charge in [-0.25, -0.2) is 12.8 Å². The first kappa shape index (κ1) is 14.4. The van der Waals surface area contributed by atoms with Crippen molar-refractivity contribution in [2.75, 3.05) is 19.1 Å². The molecule has 0 aromatic heterocycles. The van der Waals surface area contributed by atoms with Crippen LogP contribution in [0.3, 0.4) is 0 Å². The molecule has 1 aromatic carbocycles. The molecule has 0 amide bonds. The van der Waals surface area contributed by atoms with Gasteiger partial charge in [-0.05, 0) is 25.6 Å². The Morgan fingerprint density at radius 1 is 1.47 bits per heavy atom. The van der Waals surface area contributed by atoms with E-state index in [1.807, 2.05) is 0 Å². The van der Waals surface area contributed by atoms with E-state index in [9.17, 15) is 12.8 Å². The Kier molecular flexibility index (Phi) is 4.91. The lowest BCUT2D eigenvalue weighted by Crippen LogP contribution is -2.21. The zero-order valence-corrected chi connectivity index (χ0v) is 11.3. The molecular formula is C11H15ClFNO2S. The summed E-state index contributed by atoms with van der Waals surface area (Å²) in [7, 11) is -1.42. The summed E-state index contributed by atoms with van der Waals surface area (Å²) in [5.74, 6) is -0.436. The largest absolute Gasteiger partial charge is 0.313 e. The Morgan fingerprint density at radius 3 is 2.59 bits per heavy atom. The molecule has 1 atom stereocenters. The monoisotopic (exact) mass is 279 g/mol. The number of benzene rings is 1. The first-order valence-electron chi connectivity index (χ1n) is 5.14. The molecule has 17 heavy (non-hydrogen) atoms. The second-order valence-electron chi connectivity index (χ2n) is 3.90. The minimum absolute atomic E-state index is 0.0107. The van der Waals surface area contributed by atoms with Gasteiger partial charge < -0.3 is 5.32 Å². The molecule has 3 nitrogen and oxygen atoms in total. The van der Waals surface area contributed by atoms with Gasteiger partial charge in [-0.3, -0.25) is 0 Å². The molecule has 0 spiro atoms. The summed E-state index contributed by atoms with van der Waals surface area (Å²) in [6.07, 6.45) is 1.44. The number of hydrogen-bond acceptors (Lipinski definition) is 3. The molecule has 0 fully saturated rings. The van der Waals surface area contributed by atoms with Crippen molar-refractivity contribution in [3.05, 3.63) is 34.6 Å². The molecule has 0 aliphatic rings. The lowest BCUT2D eigenvalue weighted by atomic mass is 10.0. The van der Waals surface area contributed by atoms with Crippen molar-refractivity contribution in [3.8, 4) is 0 Å². The van der Waals surface area contributed by atoms with E-state index in [0.717, 1.165) is 6.26 Å². The molecule has 0 bridgehead atoms. The fourth-order valence-corrected chi connectivity index (χ4v) is 2.57. The van der Waals surface area contributed by atoms with Gasteiger partial charge in [0.25, 0.3) is 0 Å². The van der Waals surface area contributed by atoms with Crippen LogP contribution < -0.4 is 5.32 Å². The van der Waals surface area contributed by atoms with E-state index in [1.54, 1.807) is 13.1 Å². The summed E-state index contributed by atoms with van der Waals surface area (Å²) in [6, 6.07) is 4.01. The molecule has 1 rings (SSSR count). The third kappa shape index (κ3) is 4.26. The molecule has 0 saturated heterocycles. The van der Waals surface area contributed by atoms with Gasteiger partial charge in [-0.1, -0.05) is 17.7 Å². The summed E-state index contributed by atoms with van der Waals surface area (Å²) in [4.78, 5) is 0. The molecule has 1 N–H and O–H groups in total. The molecule has 96 valence electrons. The first-order chi connectivity index (χ1) is 7.85. The zero-order valence-electron chi connectivity index (χ0n) is 9.70. The Hall–Kier alpha value is -0.650. The van der Waals surface area contributed by atoms with Gasteiger partial charge in [-0.2, -0.15) is 0 Å². The Balaban J connectivity index is 2.94. The SMILES string of the molecule is CNC(CCS(C)(=O)=O)c1c(F)cccc1Cl. The standard InChI is InChI=1S/C11H15ClFNO2S/c1-14-10(6-7-17(2,15)16)11-8(12)4-3-5-9(11)13/h3-5,10,14H,6-7H2,1-2H3. The highest BCUT2D eigenvalue weighted by Gasteiger charge is 2.18. The molecule has 1 unspecified atom stereocenters. The van der Waals surface area contributed by atoms with Gasteiger partial charge in [0.05, 0.1) is 5.75 Å². The van der Waals surface area contributed by atoms with Crippen LogP contribution >= 0.6 is 11.6 Å². The van der Waals surface area contributed by atoms with Crippen molar-refractivity contribution >= 4 is 21.4 Å². The highest BCUT2D eigenvalue weighted by Crippen LogP contribution is 2.27. The van der Waals surface area contributed by atoms with Crippen LogP contribution in [0, 0.1) is 5.82 Å². The van der Waals surface area contributed by atoms with Gasteiger partial charge in [0.15, 0.2) is 0 Å². The van der Waals surface area contributed by atoms with Crippen molar-refractivity contribution in [3.63, 3.8) is 0 Å². The van der Waals surface area contributed by atoms with E-state index in [0.29, 0.717) is 10.6 Å². The number of halogens is 2. The third-order valence-electron chi connectivity index (χ3n) is 2.47.